The summed E-state index contributed by atoms with van der Waals surface area (Å²) in [5.74, 6) is 0.588. The molecule has 0 saturated carbocycles. The Morgan fingerprint density at radius 2 is 1.77 bits per heavy atom. The van der Waals surface area contributed by atoms with Crippen LogP contribution in [0.5, 0.6) is 5.75 Å². The average molecular weight is 437 g/mol. The fourth-order valence-electron chi connectivity index (χ4n) is 3.22. The maximum absolute atomic E-state index is 13.1. The summed E-state index contributed by atoms with van der Waals surface area (Å²) in [6.07, 6.45) is 0. The smallest absolute Gasteiger partial charge is 0.252 e. The van der Waals surface area contributed by atoms with Crippen LogP contribution < -0.4 is 10.1 Å². The zero-order chi connectivity index (χ0) is 21.1. The number of carbonyl (C=O) groups excluding carboxylic acids is 1. The highest BCUT2D eigenvalue weighted by Crippen LogP contribution is 2.31. The zero-order valence-corrected chi connectivity index (χ0v) is 17.7. The second-order valence-corrected chi connectivity index (χ2v) is 7.57. The molecule has 6 heteroatoms. The number of hydrogen-bond donors (Lipinski definition) is 1. The van der Waals surface area contributed by atoms with E-state index in [0.29, 0.717) is 27.8 Å². The SMILES string of the molecule is COc1ccc(CNC(=O)c2cc(-c3ccc(Cl)cc3Cl)nc3ccccc23)cc1. The van der Waals surface area contributed by atoms with Gasteiger partial charge in [-0.25, -0.2) is 4.98 Å². The second-order valence-electron chi connectivity index (χ2n) is 6.73. The molecule has 0 aliphatic rings. The Labute approximate surface area is 184 Å². The van der Waals surface area contributed by atoms with Gasteiger partial charge in [-0.15, -0.1) is 0 Å². The highest BCUT2D eigenvalue weighted by Gasteiger charge is 2.15. The number of rotatable bonds is 5. The van der Waals surface area contributed by atoms with E-state index in [1.807, 2.05) is 48.5 Å². The lowest BCUT2D eigenvalue weighted by atomic mass is 10.0. The van der Waals surface area contributed by atoms with Crippen LogP contribution in [-0.2, 0) is 6.54 Å². The number of nitrogens with zero attached hydrogens (tertiary/aromatic N) is 1. The van der Waals surface area contributed by atoms with Crippen LogP contribution in [0.3, 0.4) is 0 Å². The van der Waals surface area contributed by atoms with Crippen molar-refractivity contribution >= 4 is 40.0 Å². The Hall–Kier alpha value is -3.08. The monoisotopic (exact) mass is 436 g/mol. The van der Waals surface area contributed by atoms with Gasteiger partial charge in [-0.3, -0.25) is 4.79 Å². The summed E-state index contributed by atoms with van der Waals surface area (Å²) in [5, 5.41) is 4.79. The van der Waals surface area contributed by atoms with Crippen molar-refractivity contribution in [3.05, 3.63) is 94.0 Å². The van der Waals surface area contributed by atoms with E-state index in [0.717, 1.165) is 27.8 Å². The Bertz CT molecular complexity index is 1220. The standard InChI is InChI=1S/C24H18Cl2N2O2/c1-30-17-9-6-15(7-10-17)14-27-24(29)20-13-23(19-11-8-16(25)12-21(19)26)28-22-5-3-2-4-18(20)22/h2-13H,14H2,1H3,(H,27,29). The van der Waals surface area contributed by atoms with Gasteiger partial charge in [-0.1, -0.05) is 53.5 Å². The molecule has 1 amide bonds. The van der Waals surface area contributed by atoms with Gasteiger partial charge >= 0.3 is 0 Å². The van der Waals surface area contributed by atoms with E-state index >= 15 is 0 Å². The number of para-hydroxylation sites is 1. The minimum atomic E-state index is -0.184. The fourth-order valence-corrected chi connectivity index (χ4v) is 3.72. The van der Waals surface area contributed by atoms with Crippen LogP contribution >= 0.6 is 23.2 Å². The highest BCUT2D eigenvalue weighted by atomic mass is 35.5. The summed E-state index contributed by atoms with van der Waals surface area (Å²) in [6.45, 7) is 0.399. The lowest BCUT2D eigenvalue weighted by Gasteiger charge is -2.12. The number of aromatic nitrogens is 1. The van der Waals surface area contributed by atoms with Gasteiger partial charge in [0.2, 0.25) is 0 Å². The molecule has 3 aromatic carbocycles. The number of fused-ring (bicyclic) bond motifs is 1. The Morgan fingerprint density at radius 3 is 2.50 bits per heavy atom. The predicted octanol–water partition coefficient (Wildman–Crippen LogP) is 6.15. The Balaban J connectivity index is 1.68. The quantitative estimate of drug-likeness (QED) is 0.408. The Morgan fingerprint density at radius 1 is 1.00 bits per heavy atom. The van der Waals surface area contributed by atoms with Gasteiger partial charge in [0.25, 0.3) is 5.91 Å². The summed E-state index contributed by atoms with van der Waals surface area (Å²) in [7, 11) is 1.62. The molecule has 0 radical (unpaired) electrons. The number of hydrogen-bond acceptors (Lipinski definition) is 3. The molecular formula is C24H18Cl2N2O2. The van der Waals surface area contributed by atoms with Gasteiger partial charge in [0.15, 0.2) is 0 Å². The highest BCUT2D eigenvalue weighted by molar-refractivity contribution is 6.36. The maximum Gasteiger partial charge on any atom is 0.252 e. The summed E-state index contributed by atoms with van der Waals surface area (Å²) in [5.41, 5.74) is 3.57. The molecule has 4 nitrogen and oxygen atoms in total. The topological polar surface area (TPSA) is 51.2 Å². The van der Waals surface area contributed by atoms with Crippen molar-refractivity contribution in [3.8, 4) is 17.0 Å². The van der Waals surface area contributed by atoms with Gasteiger partial charge in [-0.2, -0.15) is 0 Å². The van der Waals surface area contributed by atoms with Crippen molar-refractivity contribution < 1.29 is 9.53 Å². The third-order valence-electron chi connectivity index (χ3n) is 4.78. The molecule has 0 atom stereocenters. The van der Waals surface area contributed by atoms with E-state index in [9.17, 15) is 4.79 Å². The van der Waals surface area contributed by atoms with Crippen LogP contribution in [0.25, 0.3) is 22.2 Å². The van der Waals surface area contributed by atoms with Gasteiger partial charge in [0, 0.05) is 22.5 Å². The molecule has 0 spiro atoms. The van der Waals surface area contributed by atoms with Crippen LogP contribution in [-0.4, -0.2) is 18.0 Å². The van der Waals surface area contributed by atoms with Crippen molar-refractivity contribution in [1.82, 2.24) is 10.3 Å². The third kappa shape index (κ3) is 4.25. The number of halogens is 2. The van der Waals surface area contributed by atoms with E-state index < -0.39 is 0 Å². The number of ether oxygens (including phenoxy) is 1. The van der Waals surface area contributed by atoms with Crippen molar-refractivity contribution in [1.29, 1.82) is 0 Å². The molecule has 0 fully saturated rings. The number of amides is 1. The minimum absolute atomic E-state index is 0.184. The maximum atomic E-state index is 13.1. The largest absolute Gasteiger partial charge is 0.497 e. The molecule has 0 saturated heterocycles. The fraction of sp³-hybridized carbons (Fsp3) is 0.0833. The molecule has 1 aromatic heterocycles. The number of methoxy groups -OCH3 is 1. The van der Waals surface area contributed by atoms with Gasteiger partial charge in [0.05, 0.1) is 28.9 Å². The van der Waals surface area contributed by atoms with Crippen molar-refractivity contribution in [2.75, 3.05) is 7.11 Å². The van der Waals surface area contributed by atoms with E-state index in [-0.39, 0.29) is 5.91 Å². The summed E-state index contributed by atoms with van der Waals surface area (Å²) >= 11 is 12.4. The summed E-state index contributed by atoms with van der Waals surface area (Å²) in [4.78, 5) is 17.8. The zero-order valence-electron chi connectivity index (χ0n) is 16.2. The molecule has 150 valence electrons. The molecular weight excluding hydrogens is 419 g/mol. The van der Waals surface area contributed by atoms with E-state index in [1.54, 1.807) is 31.4 Å². The lowest BCUT2D eigenvalue weighted by Crippen LogP contribution is -2.23. The summed E-state index contributed by atoms with van der Waals surface area (Å²) < 4.78 is 5.17. The van der Waals surface area contributed by atoms with Crippen LogP contribution in [0.15, 0.2) is 72.8 Å². The van der Waals surface area contributed by atoms with E-state index in [2.05, 4.69) is 5.32 Å². The number of pyridine rings is 1. The van der Waals surface area contributed by atoms with Crippen LogP contribution in [0.2, 0.25) is 10.0 Å². The third-order valence-corrected chi connectivity index (χ3v) is 5.33. The minimum Gasteiger partial charge on any atom is -0.497 e. The van der Waals surface area contributed by atoms with E-state index in [1.165, 1.54) is 0 Å². The average Bonchev–Trinajstić information content (AvgIpc) is 2.77. The van der Waals surface area contributed by atoms with Crippen LogP contribution in [0, 0.1) is 0 Å². The molecule has 0 bridgehead atoms. The van der Waals surface area contributed by atoms with Crippen molar-refractivity contribution in [2.24, 2.45) is 0 Å². The van der Waals surface area contributed by atoms with Crippen LogP contribution in [0.4, 0.5) is 0 Å². The molecule has 1 N–H and O–H groups in total. The first-order chi connectivity index (χ1) is 14.5. The van der Waals surface area contributed by atoms with Crippen LogP contribution in [0.1, 0.15) is 15.9 Å². The number of carbonyl (C=O) groups is 1. The molecule has 0 aliphatic heterocycles. The van der Waals surface area contributed by atoms with Crippen molar-refractivity contribution in [2.45, 2.75) is 6.54 Å². The molecule has 4 rings (SSSR count). The van der Waals surface area contributed by atoms with E-state index in [4.69, 9.17) is 32.9 Å². The summed E-state index contributed by atoms with van der Waals surface area (Å²) in [6, 6.07) is 22.1. The van der Waals surface area contributed by atoms with Crippen molar-refractivity contribution in [3.63, 3.8) is 0 Å². The van der Waals surface area contributed by atoms with Gasteiger partial charge in [0.1, 0.15) is 5.75 Å². The second kappa shape index (κ2) is 8.74. The predicted molar refractivity (Wildman–Crippen MR) is 121 cm³/mol. The Kier molecular flexibility index (Phi) is 5.88. The lowest BCUT2D eigenvalue weighted by molar-refractivity contribution is 0.0952. The molecule has 4 aromatic rings. The number of benzene rings is 3. The molecule has 30 heavy (non-hydrogen) atoms. The molecule has 0 aliphatic carbocycles. The van der Waals surface area contributed by atoms with Gasteiger partial charge in [-0.05, 0) is 48.0 Å². The molecule has 0 unspecified atom stereocenters. The first-order valence-electron chi connectivity index (χ1n) is 9.31. The van der Waals surface area contributed by atoms with Gasteiger partial charge < -0.3 is 10.1 Å². The normalized spacial score (nSPS) is 10.8. The first kappa shape index (κ1) is 20.2. The molecule has 1 heterocycles. The number of nitrogens with one attached hydrogen (secondary N) is 1. The first-order valence-corrected chi connectivity index (χ1v) is 10.1.